The lowest BCUT2D eigenvalue weighted by molar-refractivity contribution is -0.141. The fraction of sp³-hybridized carbons (Fsp3) is 0.235. The largest absolute Gasteiger partial charge is 0.456 e. The minimum atomic E-state index is -0.645. The Balaban J connectivity index is 1.80. The van der Waals surface area contributed by atoms with E-state index in [1.54, 1.807) is 23.6 Å². The average molecular weight is 331 g/mol. The van der Waals surface area contributed by atoms with Crippen LogP contribution in [0.2, 0.25) is 0 Å². The quantitative estimate of drug-likeness (QED) is 0.652. The molecular weight excluding hydrogens is 314 g/mol. The van der Waals surface area contributed by atoms with Crippen molar-refractivity contribution < 1.29 is 19.1 Å². The Bertz CT molecular complexity index is 722. The van der Waals surface area contributed by atoms with E-state index in [-0.39, 0.29) is 24.8 Å². The SMILES string of the molecule is Cc1ccc(C(=O)COC(=O)CNC(=O)c2cccs2)c(C)c1. The van der Waals surface area contributed by atoms with E-state index >= 15 is 0 Å². The first-order valence-corrected chi connectivity index (χ1v) is 7.93. The number of Topliss-reactive ketones (excluding diaryl/α,β-unsaturated/α-hetero) is 1. The predicted molar refractivity (Wildman–Crippen MR) is 87.9 cm³/mol. The topological polar surface area (TPSA) is 72.5 Å². The first-order chi connectivity index (χ1) is 11.0. The summed E-state index contributed by atoms with van der Waals surface area (Å²) in [6.45, 7) is 3.18. The Morgan fingerprint density at radius 3 is 2.61 bits per heavy atom. The van der Waals surface area contributed by atoms with Gasteiger partial charge >= 0.3 is 5.97 Å². The second kappa shape index (κ2) is 7.69. The zero-order valence-electron chi connectivity index (χ0n) is 12.9. The molecule has 1 heterocycles. The summed E-state index contributed by atoms with van der Waals surface area (Å²) in [5.41, 5.74) is 2.44. The molecule has 1 aromatic carbocycles. The van der Waals surface area contributed by atoms with Crippen LogP contribution in [0.15, 0.2) is 35.7 Å². The molecule has 0 fully saturated rings. The number of aryl methyl sites for hydroxylation is 2. The van der Waals surface area contributed by atoms with Gasteiger partial charge in [0.25, 0.3) is 5.91 Å². The minimum absolute atomic E-state index is 0.263. The number of ether oxygens (including phenoxy) is 1. The van der Waals surface area contributed by atoms with Gasteiger partial charge in [0.15, 0.2) is 6.61 Å². The number of ketones is 1. The summed E-state index contributed by atoms with van der Waals surface area (Å²) in [6.07, 6.45) is 0. The van der Waals surface area contributed by atoms with Gasteiger partial charge in [0.1, 0.15) is 6.54 Å². The molecule has 0 radical (unpaired) electrons. The maximum absolute atomic E-state index is 12.0. The van der Waals surface area contributed by atoms with Crippen molar-refractivity contribution in [1.29, 1.82) is 0 Å². The molecule has 6 heteroatoms. The summed E-state index contributed by atoms with van der Waals surface area (Å²) in [5.74, 6) is -1.24. The van der Waals surface area contributed by atoms with Gasteiger partial charge in [0, 0.05) is 5.56 Å². The van der Waals surface area contributed by atoms with Crippen LogP contribution in [0, 0.1) is 13.8 Å². The second-order valence-electron chi connectivity index (χ2n) is 5.06. The van der Waals surface area contributed by atoms with Gasteiger partial charge in [-0.2, -0.15) is 0 Å². The van der Waals surface area contributed by atoms with Gasteiger partial charge in [0.2, 0.25) is 5.78 Å². The number of nitrogens with one attached hydrogen (secondary N) is 1. The Morgan fingerprint density at radius 1 is 1.17 bits per heavy atom. The van der Waals surface area contributed by atoms with Crippen LogP contribution in [0.25, 0.3) is 0 Å². The fourth-order valence-electron chi connectivity index (χ4n) is 2.05. The summed E-state index contributed by atoms with van der Waals surface area (Å²) in [7, 11) is 0. The number of benzene rings is 1. The van der Waals surface area contributed by atoms with Gasteiger partial charge in [-0.15, -0.1) is 11.3 Å². The molecule has 0 saturated carbocycles. The second-order valence-corrected chi connectivity index (χ2v) is 6.01. The normalized spacial score (nSPS) is 10.2. The van der Waals surface area contributed by atoms with Gasteiger partial charge in [-0.25, -0.2) is 0 Å². The van der Waals surface area contributed by atoms with Crippen molar-refractivity contribution in [3.63, 3.8) is 0 Å². The van der Waals surface area contributed by atoms with E-state index in [2.05, 4.69) is 5.32 Å². The molecule has 0 unspecified atom stereocenters. The van der Waals surface area contributed by atoms with E-state index in [9.17, 15) is 14.4 Å². The number of amides is 1. The van der Waals surface area contributed by atoms with Gasteiger partial charge < -0.3 is 10.1 Å². The van der Waals surface area contributed by atoms with Crippen molar-refractivity contribution >= 4 is 29.0 Å². The maximum atomic E-state index is 12.0. The van der Waals surface area contributed by atoms with Crippen molar-refractivity contribution in [2.75, 3.05) is 13.2 Å². The van der Waals surface area contributed by atoms with E-state index in [4.69, 9.17) is 4.74 Å². The summed E-state index contributed by atoms with van der Waals surface area (Å²) in [5, 5.41) is 4.23. The van der Waals surface area contributed by atoms with Crippen LogP contribution < -0.4 is 5.32 Å². The van der Waals surface area contributed by atoms with E-state index in [0.29, 0.717) is 10.4 Å². The number of hydrogen-bond acceptors (Lipinski definition) is 5. The van der Waals surface area contributed by atoms with Crippen LogP contribution in [0.4, 0.5) is 0 Å². The molecular formula is C17H17NO4S. The molecule has 0 aliphatic rings. The molecule has 0 bridgehead atoms. The molecule has 0 spiro atoms. The zero-order chi connectivity index (χ0) is 16.8. The first kappa shape index (κ1) is 16.9. The zero-order valence-corrected chi connectivity index (χ0v) is 13.7. The van der Waals surface area contributed by atoms with Gasteiger partial charge in [0.05, 0.1) is 4.88 Å². The lowest BCUT2D eigenvalue weighted by Crippen LogP contribution is -2.31. The van der Waals surface area contributed by atoms with E-state index < -0.39 is 5.97 Å². The van der Waals surface area contributed by atoms with Gasteiger partial charge in [-0.3, -0.25) is 14.4 Å². The van der Waals surface area contributed by atoms with Crippen LogP contribution >= 0.6 is 11.3 Å². The van der Waals surface area contributed by atoms with Crippen molar-refractivity contribution in [1.82, 2.24) is 5.32 Å². The molecule has 2 aromatic rings. The number of rotatable bonds is 6. The van der Waals surface area contributed by atoms with Crippen LogP contribution in [-0.2, 0) is 9.53 Å². The van der Waals surface area contributed by atoms with Gasteiger partial charge in [-0.1, -0.05) is 29.8 Å². The summed E-state index contributed by atoms with van der Waals surface area (Å²) < 4.78 is 4.91. The first-order valence-electron chi connectivity index (χ1n) is 7.05. The number of thiophene rings is 1. The Morgan fingerprint density at radius 2 is 1.96 bits per heavy atom. The number of carbonyl (C=O) groups excluding carboxylic acids is 3. The molecule has 0 atom stereocenters. The van der Waals surface area contributed by atoms with Crippen LogP contribution in [0.3, 0.4) is 0 Å². The Kier molecular flexibility index (Phi) is 5.65. The highest BCUT2D eigenvalue weighted by Gasteiger charge is 2.13. The smallest absolute Gasteiger partial charge is 0.325 e. The lowest BCUT2D eigenvalue weighted by Gasteiger charge is -2.08. The fourth-order valence-corrected chi connectivity index (χ4v) is 2.69. The highest BCUT2D eigenvalue weighted by Crippen LogP contribution is 2.11. The maximum Gasteiger partial charge on any atom is 0.325 e. The van der Waals surface area contributed by atoms with Crippen molar-refractivity contribution in [3.05, 3.63) is 57.3 Å². The number of hydrogen-bond donors (Lipinski definition) is 1. The molecule has 120 valence electrons. The van der Waals surface area contributed by atoms with Crippen LogP contribution in [0.1, 0.15) is 31.2 Å². The Labute approximate surface area is 138 Å². The van der Waals surface area contributed by atoms with Crippen molar-refractivity contribution in [3.8, 4) is 0 Å². The standard InChI is InChI=1S/C17H17NO4S/c1-11-5-6-13(12(2)8-11)14(19)10-22-16(20)9-18-17(21)15-4-3-7-23-15/h3-8H,9-10H2,1-2H3,(H,18,21). The third-order valence-electron chi connectivity index (χ3n) is 3.18. The van der Waals surface area contributed by atoms with Crippen LogP contribution in [-0.4, -0.2) is 30.8 Å². The van der Waals surface area contributed by atoms with E-state index in [1.165, 1.54) is 11.3 Å². The molecule has 0 saturated heterocycles. The van der Waals surface area contributed by atoms with Gasteiger partial charge in [-0.05, 0) is 30.9 Å². The molecule has 2 rings (SSSR count). The predicted octanol–water partition coefficient (Wildman–Crippen LogP) is 2.52. The van der Waals surface area contributed by atoms with E-state index in [1.807, 2.05) is 26.0 Å². The molecule has 0 aliphatic carbocycles. The highest BCUT2D eigenvalue weighted by molar-refractivity contribution is 7.12. The van der Waals surface area contributed by atoms with Crippen molar-refractivity contribution in [2.45, 2.75) is 13.8 Å². The Hall–Kier alpha value is -2.47. The summed E-state index contributed by atoms with van der Waals surface area (Å²) in [4.78, 5) is 35.8. The molecule has 0 aliphatic heterocycles. The summed E-state index contributed by atoms with van der Waals surface area (Å²) >= 11 is 1.28. The monoisotopic (exact) mass is 331 g/mol. The molecule has 1 aromatic heterocycles. The highest BCUT2D eigenvalue weighted by atomic mass is 32.1. The minimum Gasteiger partial charge on any atom is -0.456 e. The lowest BCUT2D eigenvalue weighted by atomic mass is 10.0. The number of carbonyl (C=O) groups is 3. The average Bonchev–Trinajstić information content (AvgIpc) is 3.04. The molecule has 1 N–H and O–H groups in total. The van der Waals surface area contributed by atoms with Crippen LogP contribution in [0.5, 0.6) is 0 Å². The molecule has 1 amide bonds. The third-order valence-corrected chi connectivity index (χ3v) is 4.05. The molecule has 5 nitrogen and oxygen atoms in total. The molecule has 23 heavy (non-hydrogen) atoms. The van der Waals surface area contributed by atoms with E-state index in [0.717, 1.165) is 11.1 Å². The third kappa shape index (κ3) is 4.75. The van der Waals surface area contributed by atoms with Crippen molar-refractivity contribution in [2.24, 2.45) is 0 Å². The number of esters is 1. The summed E-state index contributed by atoms with van der Waals surface area (Å²) in [6, 6.07) is 8.87.